The number of carboxylic acid groups (broad SMARTS) is 1. The summed E-state index contributed by atoms with van der Waals surface area (Å²) in [5, 5.41) is 9.52. The van der Waals surface area contributed by atoms with Gasteiger partial charge in [0.15, 0.2) is 0 Å². The zero-order valence-corrected chi connectivity index (χ0v) is 13.5. The number of hydrogen-bond acceptors (Lipinski definition) is 2. The average molecular weight is 349 g/mol. The molecule has 2 fully saturated rings. The molecule has 0 unspecified atom stereocenters. The van der Waals surface area contributed by atoms with Crippen molar-refractivity contribution in [3.63, 3.8) is 0 Å². The van der Waals surface area contributed by atoms with Gasteiger partial charge in [-0.25, -0.2) is 9.18 Å². The number of nitrogens with zero attached hydrogens (tertiary/aromatic N) is 1. The number of halogens is 3. The topological polar surface area (TPSA) is 50.2 Å². The van der Waals surface area contributed by atoms with Crippen LogP contribution in [0.1, 0.15) is 37.2 Å². The fourth-order valence-corrected chi connectivity index (χ4v) is 4.84. The van der Waals surface area contributed by atoms with Crippen LogP contribution in [0.3, 0.4) is 0 Å². The largest absolute Gasteiger partial charge is 0.477 e. The molecule has 2 saturated carbocycles. The molecule has 1 aromatic heterocycles. The zero-order valence-electron chi connectivity index (χ0n) is 13.5. The molecule has 2 aliphatic carbocycles. The highest BCUT2D eigenvalue weighted by molar-refractivity contribution is 5.82. The first-order chi connectivity index (χ1) is 11.9. The van der Waals surface area contributed by atoms with Gasteiger partial charge in [0.1, 0.15) is 5.82 Å². The number of fused-ring (bicyclic) bond motifs is 2. The number of pyridine rings is 1. The van der Waals surface area contributed by atoms with E-state index < -0.39 is 17.8 Å². The van der Waals surface area contributed by atoms with Crippen molar-refractivity contribution < 1.29 is 23.1 Å². The summed E-state index contributed by atoms with van der Waals surface area (Å²) in [5.41, 5.74) is 1.74. The Morgan fingerprint density at radius 2 is 1.80 bits per heavy atom. The van der Waals surface area contributed by atoms with Crippen LogP contribution in [0, 0.1) is 23.6 Å². The van der Waals surface area contributed by atoms with Crippen molar-refractivity contribution in [2.45, 2.75) is 37.5 Å². The highest BCUT2D eigenvalue weighted by Gasteiger charge is 2.54. The second-order valence-electron chi connectivity index (χ2n) is 7.35. The van der Waals surface area contributed by atoms with Crippen LogP contribution < -0.4 is 0 Å². The Hall–Kier alpha value is -2.11. The zero-order chi connectivity index (χ0) is 17.8. The Balaban J connectivity index is 1.56. The van der Waals surface area contributed by atoms with Gasteiger partial charge in [0.25, 0.3) is 0 Å². The van der Waals surface area contributed by atoms with Gasteiger partial charge < -0.3 is 5.11 Å². The maximum absolute atomic E-state index is 13.8. The van der Waals surface area contributed by atoms with Gasteiger partial charge in [-0.2, -0.15) is 8.78 Å². The van der Waals surface area contributed by atoms with Crippen molar-refractivity contribution >= 4 is 16.9 Å². The lowest BCUT2D eigenvalue weighted by Gasteiger charge is -2.21. The minimum atomic E-state index is -3.65. The molecule has 3 nitrogen and oxygen atoms in total. The smallest absolute Gasteiger partial charge is 0.374 e. The van der Waals surface area contributed by atoms with Crippen LogP contribution in [0.5, 0.6) is 0 Å². The van der Waals surface area contributed by atoms with E-state index in [1.807, 2.05) is 6.07 Å². The standard InChI is InChI=1S/C19H18F3NO2/c20-14-1-2-17-16(9-14)15(3-4-23-17)12-5-10-7-13(8-11(10)6-12)19(21,22)18(24)25/h1-4,9-13H,5-8H2,(H,24,25)/t10-,11+,12-,13+. The van der Waals surface area contributed by atoms with Crippen LogP contribution in [0.2, 0.25) is 0 Å². The molecule has 0 radical (unpaired) electrons. The number of aromatic nitrogens is 1. The summed E-state index contributed by atoms with van der Waals surface area (Å²) < 4.78 is 41.2. The van der Waals surface area contributed by atoms with Crippen LogP contribution in [-0.4, -0.2) is 22.0 Å². The minimum absolute atomic E-state index is 0.108. The predicted octanol–water partition coefficient (Wildman–Crippen LogP) is 4.61. The van der Waals surface area contributed by atoms with E-state index >= 15 is 0 Å². The number of rotatable bonds is 3. The summed E-state index contributed by atoms with van der Waals surface area (Å²) in [5.74, 6) is -6.67. The summed E-state index contributed by atoms with van der Waals surface area (Å²) >= 11 is 0. The van der Waals surface area contributed by atoms with Crippen molar-refractivity contribution in [2.24, 2.45) is 17.8 Å². The summed E-state index contributed by atoms with van der Waals surface area (Å²) in [6.07, 6.45) is 3.68. The van der Waals surface area contributed by atoms with Gasteiger partial charge in [-0.05, 0) is 73.3 Å². The van der Waals surface area contributed by atoms with Crippen molar-refractivity contribution in [3.8, 4) is 0 Å². The Morgan fingerprint density at radius 3 is 2.44 bits per heavy atom. The minimum Gasteiger partial charge on any atom is -0.477 e. The van der Waals surface area contributed by atoms with E-state index in [0.717, 1.165) is 29.3 Å². The van der Waals surface area contributed by atoms with E-state index in [-0.39, 0.29) is 36.4 Å². The molecule has 1 aromatic carbocycles. The molecule has 0 amide bonds. The molecule has 0 spiro atoms. The molecule has 4 rings (SSSR count). The van der Waals surface area contributed by atoms with Crippen molar-refractivity contribution in [3.05, 3.63) is 41.8 Å². The number of alkyl halides is 2. The number of aliphatic carboxylic acids is 1. The van der Waals surface area contributed by atoms with E-state index in [2.05, 4.69) is 4.98 Å². The van der Waals surface area contributed by atoms with E-state index in [9.17, 15) is 18.0 Å². The molecule has 1 heterocycles. The lowest BCUT2D eigenvalue weighted by Crippen LogP contribution is -2.36. The van der Waals surface area contributed by atoms with Crippen LogP contribution >= 0.6 is 0 Å². The van der Waals surface area contributed by atoms with Gasteiger partial charge in [-0.3, -0.25) is 4.98 Å². The molecule has 6 heteroatoms. The first-order valence-corrected chi connectivity index (χ1v) is 8.51. The normalized spacial score (nSPS) is 29.1. The first kappa shape index (κ1) is 16.4. The lowest BCUT2D eigenvalue weighted by atomic mass is 9.89. The van der Waals surface area contributed by atoms with Gasteiger partial charge in [-0.15, -0.1) is 0 Å². The van der Waals surface area contributed by atoms with Gasteiger partial charge >= 0.3 is 11.9 Å². The lowest BCUT2D eigenvalue weighted by molar-refractivity contribution is -0.173. The van der Waals surface area contributed by atoms with E-state index in [0.29, 0.717) is 0 Å². The van der Waals surface area contributed by atoms with Crippen LogP contribution in [-0.2, 0) is 4.79 Å². The maximum atomic E-state index is 13.8. The Labute approximate surface area is 142 Å². The molecule has 132 valence electrons. The van der Waals surface area contributed by atoms with Crippen LogP contribution in [0.25, 0.3) is 10.9 Å². The van der Waals surface area contributed by atoms with Gasteiger partial charge in [0, 0.05) is 17.5 Å². The van der Waals surface area contributed by atoms with E-state index in [4.69, 9.17) is 5.11 Å². The number of hydrogen-bond donors (Lipinski definition) is 1. The summed E-state index contributed by atoms with van der Waals surface area (Å²) in [6, 6.07) is 6.39. The molecule has 0 bridgehead atoms. The fourth-order valence-electron chi connectivity index (χ4n) is 4.84. The highest BCUT2D eigenvalue weighted by atomic mass is 19.3. The van der Waals surface area contributed by atoms with Crippen LogP contribution in [0.4, 0.5) is 13.2 Å². The average Bonchev–Trinajstić information content (AvgIpc) is 3.13. The molecule has 2 aromatic rings. The molecular formula is C19H18F3NO2. The molecular weight excluding hydrogens is 331 g/mol. The fraction of sp³-hybridized carbons (Fsp3) is 0.474. The molecule has 0 aliphatic heterocycles. The highest BCUT2D eigenvalue weighted by Crippen LogP contribution is 2.56. The third-order valence-corrected chi connectivity index (χ3v) is 5.99. The van der Waals surface area contributed by atoms with E-state index in [1.165, 1.54) is 12.1 Å². The number of carboxylic acids is 1. The van der Waals surface area contributed by atoms with Crippen LogP contribution in [0.15, 0.2) is 30.5 Å². The third-order valence-electron chi connectivity index (χ3n) is 5.99. The van der Waals surface area contributed by atoms with Crippen molar-refractivity contribution in [2.75, 3.05) is 0 Å². The van der Waals surface area contributed by atoms with Gasteiger partial charge in [0.2, 0.25) is 0 Å². The predicted molar refractivity (Wildman–Crippen MR) is 86.0 cm³/mol. The van der Waals surface area contributed by atoms with Crippen molar-refractivity contribution in [1.82, 2.24) is 4.98 Å². The second kappa shape index (κ2) is 5.71. The number of benzene rings is 1. The molecule has 1 N–H and O–H groups in total. The Kier molecular flexibility index (Phi) is 3.74. The quantitative estimate of drug-likeness (QED) is 0.880. The maximum Gasteiger partial charge on any atom is 0.374 e. The van der Waals surface area contributed by atoms with Gasteiger partial charge in [-0.1, -0.05) is 0 Å². The molecule has 25 heavy (non-hydrogen) atoms. The Bertz CT molecular complexity index is 825. The SMILES string of the molecule is O=C(O)C(F)(F)[C@H]1C[C@H]2C[C@@H](c3ccnc4ccc(F)cc34)C[C@H]2C1. The van der Waals surface area contributed by atoms with E-state index in [1.54, 1.807) is 12.3 Å². The Morgan fingerprint density at radius 1 is 1.12 bits per heavy atom. The summed E-state index contributed by atoms with van der Waals surface area (Å²) in [6.45, 7) is 0. The summed E-state index contributed by atoms with van der Waals surface area (Å²) in [4.78, 5) is 15.1. The second-order valence-corrected chi connectivity index (χ2v) is 7.35. The van der Waals surface area contributed by atoms with Gasteiger partial charge in [0.05, 0.1) is 5.52 Å². The summed E-state index contributed by atoms with van der Waals surface area (Å²) in [7, 11) is 0. The number of carbonyl (C=O) groups is 1. The monoisotopic (exact) mass is 349 g/mol. The third kappa shape index (κ3) is 2.68. The molecule has 0 saturated heterocycles. The van der Waals surface area contributed by atoms with Crippen molar-refractivity contribution in [1.29, 1.82) is 0 Å². The molecule has 2 aliphatic rings. The first-order valence-electron chi connectivity index (χ1n) is 8.51. The molecule has 4 atom stereocenters.